The standard InChI is InChI=1S/C20H17ClN2O4/c1-12-3-7-17(26-2)16(9-12)23-19(24)11-27-20(25)14-4-6-15-13(10-14)5-8-18(21)22-15/h3-10H,11H2,1-2H3,(H,23,24). The predicted molar refractivity (Wildman–Crippen MR) is 103 cm³/mol. The number of methoxy groups -OCH3 is 1. The monoisotopic (exact) mass is 384 g/mol. The normalized spacial score (nSPS) is 10.5. The number of fused-ring (bicyclic) bond motifs is 1. The number of hydrogen-bond acceptors (Lipinski definition) is 5. The van der Waals surface area contributed by atoms with Gasteiger partial charge in [-0.05, 0) is 55.0 Å². The largest absolute Gasteiger partial charge is 0.495 e. The Labute approximate surface area is 161 Å². The molecule has 7 heteroatoms. The highest BCUT2D eigenvalue weighted by molar-refractivity contribution is 6.29. The van der Waals surface area contributed by atoms with Crippen LogP contribution in [0.2, 0.25) is 5.15 Å². The van der Waals surface area contributed by atoms with Gasteiger partial charge in [0.15, 0.2) is 6.61 Å². The highest BCUT2D eigenvalue weighted by atomic mass is 35.5. The molecule has 0 aliphatic carbocycles. The average Bonchev–Trinajstić information content (AvgIpc) is 2.66. The molecule has 2 aromatic carbocycles. The van der Waals surface area contributed by atoms with Gasteiger partial charge in [0.05, 0.1) is 23.9 Å². The molecule has 1 amide bonds. The Bertz CT molecular complexity index is 1020. The highest BCUT2D eigenvalue weighted by Gasteiger charge is 2.13. The fraction of sp³-hybridized carbons (Fsp3) is 0.150. The van der Waals surface area contributed by atoms with Gasteiger partial charge in [-0.3, -0.25) is 4.79 Å². The lowest BCUT2D eigenvalue weighted by Gasteiger charge is -2.11. The number of amides is 1. The predicted octanol–water partition coefficient (Wildman–Crippen LogP) is 4.00. The van der Waals surface area contributed by atoms with E-state index in [1.54, 1.807) is 42.5 Å². The number of aryl methyl sites for hydroxylation is 1. The molecule has 1 N–H and O–H groups in total. The topological polar surface area (TPSA) is 77.5 Å². The first-order valence-electron chi connectivity index (χ1n) is 8.14. The van der Waals surface area contributed by atoms with Gasteiger partial charge in [0.25, 0.3) is 5.91 Å². The molecule has 138 valence electrons. The van der Waals surface area contributed by atoms with Crippen LogP contribution in [0.5, 0.6) is 5.75 Å². The lowest BCUT2D eigenvalue weighted by molar-refractivity contribution is -0.119. The number of anilines is 1. The summed E-state index contributed by atoms with van der Waals surface area (Å²) in [6.07, 6.45) is 0. The first-order chi connectivity index (χ1) is 13.0. The Morgan fingerprint density at radius 3 is 2.70 bits per heavy atom. The first kappa shape index (κ1) is 18.7. The third-order valence-electron chi connectivity index (χ3n) is 3.85. The molecule has 0 aliphatic rings. The molecule has 27 heavy (non-hydrogen) atoms. The number of carbonyl (C=O) groups is 2. The van der Waals surface area contributed by atoms with Crippen molar-refractivity contribution in [2.24, 2.45) is 0 Å². The summed E-state index contributed by atoms with van der Waals surface area (Å²) in [5, 5.41) is 3.81. The number of nitrogens with one attached hydrogen (secondary N) is 1. The zero-order valence-electron chi connectivity index (χ0n) is 14.8. The van der Waals surface area contributed by atoms with Crippen LogP contribution in [0.25, 0.3) is 10.9 Å². The van der Waals surface area contributed by atoms with Crippen molar-refractivity contribution >= 4 is 40.1 Å². The number of esters is 1. The van der Waals surface area contributed by atoms with Gasteiger partial charge in [0.2, 0.25) is 0 Å². The molecule has 0 saturated heterocycles. The highest BCUT2D eigenvalue weighted by Crippen LogP contribution is 2.25. The number of halogens is 1. The van der Waals surface area contributed by atoms with E-state index in [1.165, 1.54) is 7.11 Å². The summed E-state index contributed by atoms with van der Waals surface area (Å²) in [6.45, 7) is 1.49. The molecule has 3 aromatic rings. The van der Waals surface area contributed by atoms with Crippen LogP contribution in [-0.2, 0) is 9.53 Å². The quantitative estimate of drug-likeness (QED) is 0.531. The van der Waals surface area contributed by atoms with Crippen LogP contribution in [0.3, 0.4) is 0 Å². The SMILES string of the molecule is COc1ccc(C)cc1NC(=O)COC(=O)c1ccc2nc(Cl)ccc2c1. The maximum atomic E-state index is 12.2. The van der Waals surface area contributed by atoms with Crippen molar-refractivity contribution in [1.29, 1.82) is 0 Å². The fourth-order valence-electron chi connectivity index (χ4n) is 2.55. The number of rotatable bonds is 5. The van der Waals surface area contributed by atoms with Crippen molar-refractivity contribution in [2.45, 2.75) is 6.92 Å². The number of aromatic nitrogens is 1. The van der Waals surface area contributed by atoms with Crippen molar-refractivity contribution in [3.8, 4) is 5.75 Å². The average molecular weight is 385 g/mol. The molecule has 0 bridgehead atoms. The molecule has 0 unspecified atom stereocenters. The molecule has 1 aromatic heterocycles. The van der Waals surface area contributed by atoms with E-state index in [2.05, 4.69) is 10.3 Å². The minimum Gasteiger partial charge on any atom is -0.495 e. The maximum absolute atomic E-state index is 12.2. The Morgan fingerprint density at radius 1 is 1.11 bits per heavy atom. The van der Waals surface area contributed by atoms with Crippen LogP contribution < -0.4 is 10.1 Å². The van der Waals surface area contributed by atoms with Crippen molar-refractivity contribution in [3.63, 3.8) is 0 Å². The molecule has 6 nitrogen and oxygen atoms in total. The molecule has 0 spiro atoms. The number of nitrogens with zero attached hydrogens (tertiary/aromatic N) is 1. The van der Waals surface area contributed by atoms with Gasteiger partial charge in [0.1, 0.15) is 10.9 Å². The smallest absolute Gasteiger partial charge is 0.338 e. The van der Waals surface area contributed by atoms with Crippen molar-refractivity contribution in [1.82, 2.24) is 4.98 Å². The summed E-state index contributed by atoms with van der Waals surface area (Å²) in [6, 6.07) is 13.7. The lowest BCUT2D eigenvalue weighted by atomic mass is 10.1. The summed E-state index contributed by atoms with van der Waals surface area (Å²) >= 11 is 5.85. The number of ether oxygens (including phenoxy) is 2. The minimum atomic E-state index is -0.599. The second-order valence-electron chi connectivity index (χ2n) is 5.87. The van der Waals surface area contributed by atoms with E-state index in [-0.39, 0.29) is 0 Å². The van der Waals surface area contributed by atoms with Gasteiger partial charge >= 0.3 is 5.97 Å². The van der Waals surface area contributed by atoms with Crippen LogP contribution in [0.1, 0.15) is 15.9 Å². The number of benzene rings is 2. The lowest BCUT2D eigenvalue weighted by Crippen LogP contribution is -2.21. The van der Waals surface area contributed by atoms with Crippen molar-refractivity contribution in [3.05, 3.63) is 64.8 Å². The van der Waals surface area contributed by atoms with E-state index < -0.39 is 18.5 Å². The molecule has 0 aliphatic heterocycles. The molecular weight excluding hydrogens is 368 g/mol. The zero-order valence-corrected chi connectivity index (χ0v) is 15.5. The molecule has 0 saturated carbocycles. The second kappa shape index (κ2) is 8.05. The van der Waals surface area contributed by atoms with Gasteiger partial charge in [-0.25, -0.2) is 9.78 Å². The van der Waals surface area contributed by atoms with E-state index in [0.29, 0.717) is 27.7 Å². The summed E-state index contributed by atoms with van der Waals surface area (Å²) < 4.78 is 10.3. The van der Waals surface area contributed by atoms with E-state index in [9.17, 15) is 9.59 Å². The fourth-order valence-corrected chi connectivity index (χ4v) is 2.70. The Kier molecular flexibility index (Phi) is 5.57. The Balaban J connectivity index is 1.64. The van der Waals surface area contributed by atoms with E-state index >= 15 is 0 Å². The maximum Gasteiger partial charge on any atom is 0.338 e. The zero-order chi connectivity index (χ0) is 19.4. The van der Waals surface area contributed by atoms with Gasteiger partial charge in [-0.15, -0.1) is 0 Å². The van der Waals surface area contributed by atoms with Crippen molar-refractivity contribution < 1.29 is 19.1 Å². The molecule has 0 radical (unpaired) electrons. The van der Waals surface area contributed by atoms with Gasteiger partial charge in [0, 0.05) is 5.39 Å². The molecule has 1 heterocycles. The van der Waals surface area contributed by atoms with Crippen LogP contribution in [0, 0.1) is 6.92 Å². The van der Waals surface area contributed by atoms with Crippen LogP contribution in [0.4, 0.5) is 5.69 Å². The van der Waals surface area contributed by atoms with Crippen LogP contribution in [-0.4, -0.2) is 30.6 Å². The number of carbonyl (C=O) groups excluding carboxylic acids is 2. The molecule has 0 fully saturated rings. The Hall–Kier alpha value is -3.12. The Morgan fingerprint density at radius 2 is 1.93 bits per heavy atom. The summed E-state index contributed by atoms with van der Waals surface area (Å²) in [7, 11) is 1.52. The van der Waals surface area contributed by atoms with E-state index in [0.717, 1.165) is 10.9 Å². The summed E-state index contributed by atoms with van der Waals surface area (Å²) in [5.41, 5.74) is 2.48. The molecule has 3 rings (SSSR count). The summed E-state index contributed by atoms with van der Waals surface area (Å²) in [4.78, 5) is 28.5. The van der Waals surface area contributed by atoms with Gasteiger partial charge in [-0.1, -0.05) is 17.7 Å². The third kappa shape index (κ3) is 4.54. The van der Waals surface area contributed by atoms with Crippen LogP contribution >= 0.6 is 11.6 Å². The molecule has 0 atom stereocenters. The third-order valence-corrected chi connectivity index (χ3v) is 4.06. The van der Waals surface area contributed by atoms with Gasteiger partial charge in [-0.2, -0.15) is 0 Å². The second-order valence-corrected chi connectivity index (χ2v) is 6.26. The van der Waals surface area contributed by atoms with Gasteiger partial charge < -0.3 is 14.8 Å². The van der Waals surface area contributed by atoms with E-state index in [4.69, 9.17) is 21.1 Å². The first-order valence-corrected chi connectivity index (χ1v) is 8.52. The van der Waals surface area contributed by atoms with Crippen molar-refractivity contribution in [2.75, 3.05) is 19.0 Å². The number of pyridine rings is 1. The molecular formula is C20H17ClN2O4. The number of hydrogen-bond donors (Lipinski definition) is 1. The van der Waals surface area contributed by atoms with Crippen LogP contribution in [0.15, 0.2) is 48.5 Å². The summed E-state index contributed by atoms with van der Waals surface area (Å²) in [5.74, 6) is -0.527. The van der Waals surface area contributed by atoms with E-state index in [1.807, 2.05) is 13.0 Å². The minimum absolute atomic E-state index is 0.326.